The van der Waals surface area contributed by atoms with Crippen LogP contribution in [0, 0.1) is 5.82 Å². The van der Waals surface area contributed by atoms with Crippen LogP contribution >= 0.6 is 11.3 Å². The number of hydrogen-bond donors (Lipinski definition) is 2. The summed E-state index contributed by atoms with van der Waals surface area (Å²) < 4.78 is 47.9. The number of halogens is 1. The fraction of sp³-hybridized carbons (Fsp3) is 0.448. The fourth-order valence-corrected chi connectivity index (χ4v) is 8.24. The summed E-state index contributed by atoms with van der Waals surface area (Å²) in [6.07, 6.45) is 3.51. The Morgan fingerprint density at radius 3 is 2.58 bits per heavy atom. The molecule has 14 heteroatoms. The van der Waals surface area contributed by atoms with Crippen molar-refractivity contribution in [1.82, 2.24) is 24.8 Å². The summed E-state index contributed by atoms with van der Waals surface area (Å²) in [5, 5.41) is 6.82. The molecule has 11 nitrogen and oxygen atoms in total. The molecule has 0 amide bonds. The van der Waals surface area contributed by atoms with Crippen LogP contribution in [0.3, 0.4) is 0 Å². The van der Waals surface area contributed by atoms with E-state index in [4.69, 9.17) is 4.74 Å². The third-order valence-electron chi connectivity index (χ3n) is 7.76. The maximum atomic E-state index is 15.2. The summed E-state index contributed by atoms with van der Waals surface area (Å²) in [4.78, 5) is 29.4. The number of benzene rings is 1. The van der Waals surface area contributed by atoms with Gasteiger partial charge >= 0.3 is 0 Å². The Bertz CT molecular complexity index is 1830. The molecular weight excluding hydrogens is 593 g/mol. The molecule has 3 atom stereocenters. The van der Waals surface area contributed by atoms with Crippen molar-refractivity contribution >= 4 is 49.5 Å². The minimum absolute atomic E-state index is 0.114. The quantitative estimate of drug-likeness (QED) is 0.308. The molecule has 2 aliphatic heterocycles. The first kappa shape index (κ1) is 29.6. The van der Waals surface area contributed by atoms with Gasteiger partial charge in [0.1, 0.15) is 20.7 Å². The second kappa shape index (κ2) is 11.6. The van der Waals surface area contributed by atoms with Crippen molar-refractivity contribution < 1.29 is 17.5 Å². The van der Waals surface area contributed by atoms with Gasteiger partial charge in [-0.15, -0.1) is 11.3 Å². The van der Waals surface area contributed by atoms with Crippen molar-refractivity contribution in [1.29, 1.82) is 0 Å². The minimum atomic E-state index is -3.54. The molecule has 228 valence electrons. The van der Waals surface area contributed by atoms with Gasteiger partial charge in [-0.05, 0) is 58.4 Å². The largest absolute Gasteiger partial charge is 0.379 e. The van der Waals surface area contributed by atoms with Crippen molar-refractivity contribution in [2.45, 2.75) is 61.7 Å². The number of ether oxygens (including phenoxy) is 1. The second-order valence-corrected chi connectivity index (χ2v) is 15.2. The van der Waals surface area contributed by atoms with Crippen molar-refractivity contribution in [2.24, 2.45) is 0 Å². The van der Waals surface area contributed by atoms with Gasteiger partial charge in [0.05, 0.1) is 35.3 Å². The molecule has 6 rings (SSSR count). The lowest BCUT2D eigenvalue weighted by atomic mass is 10.1. The molecule has 0 saturated carbocycles. The molecule has 5 heterocycles. The van der Waals surface area contributed by atoms with Crippen LogP contribution in [0.5, 0.6) is 0 Å². The summed E-state index contributed by atoms with van der Waals surface area (Å²) in [5.41, 5.74) is 1.35. The minimum Gasteiger partial charge on any atom is -0.379 e. The van der Waals surface area contributed by atoms with Crippen molar-refractivity contribution in [3.8, 4) is 10.6 Å². The highest BCUT2D eigenvalue weighted by molar-refractivity contribution is 7.94. The SMILES string of the molecule is CC(C)S(=O)(=O)c1cnc(-c2cc3cnc(Nc4ccc(N5C[C@@H](C)N[C@@H](C)C5)c(F)c4)nc3n(C3CCOC3)c2=O)s1. The first-order valence-electron chi connectivity index (χ1n) is 14.3. The molecule has 2 saturated heterocycles. The predicted octanol–water partition coefficient (Wildman–Crippen LogP) is 4.13. The Kier molecular flexibility index (Phi) is 7.96. The van der Waals surface area contributed by atoms with Crippen LogP contribution in [-0.4, -0.2) is 71.6 Å². The third kappa shape index (κ3) is 5.76. The number of aromatic nitrogens is 4. The standard InChI is InChI=1S/C29H34FN7O4S2/c1-16(2)43(39,40)25-12-31-27(42-25)22-9-19-11-32-29(35-26(19)37(28(22)38)21-7-8-41-15-21)34-20-5-6-24(23(30)10-20)36-13-17(3)33-18(4)14-36/h5-6,9-12,16-18,21,33H,7-8,13-15H2,1-4H3,(H,32,34,35)/t17-,18+,21?. The number of thiazole rings is 1. The number of piperazine rings is 1. The molecule has 1 aromatic carbocycles. The molecule has 1 unspecified atom stereocenters. The summed E-state index contributed by atoms with van der Waals surface area (Å²) in [5.74, 6) is -0.137. The van der Waals surface area contributed by atoms with Gasteiger partial charge in [0.2, 0.25) is 5.95 Å². The highest BCUT2D eigenvalue weighted by Gasteiger charge is 2.27. The summed E-state index contributed by atoms with van der Waals surface area (Å²) in [6, 6.07) is 6.84. The average Bonchev–Trinajstić information content (AvgIpc) is 3.66. The Morgan fingerprint density at radius 2 is 1.91 bits per heavy atom. The number of rotatable bonds is 7. The van der Waals surface area contributed by atoms with Gasteiger partial charge in [0.25, 0.3) is 5.56 Å². The van der Waals surface area contributed by atoms with Crippen LogP contribution in [-0.2, 0) is 14.6 Å². The lowest BCUT2D eigenvalue weighted by molar-refractivity contribution is 0.186. The number of anilines is 3. The fourth-order valence-electron chi connectivity index (χ4n) is 5.64. The van der Waals surface area contributed by atoms with Crippen molar-refractivity contribution in [3.05, 3.63) is 52.8 Å². The molecule has 4 aromatic rings. The number of hydrogen-bond acceptors (Lipinski definition) is 11. The van der Waals surface area contributed by atoms with E-state index < -0.39 is 15.1 Å². The van der Waals surface area contributed by atoms with E-state index in [0.29, 0.717) is 60.1 Å². The van der Waals surface area contributed by atoms with Crippen LogP contribution in [0.1, 0.15) is 40.2 Å². The maximum Gasteiger partial charge on any atom is 0.262 e. The highest BCUT2D eigenvalue weighted by atomic mass is 32.2. The third-order valence-corrected chi connectivity index (χ3v) is 11.4. The van der Waals surface area contributed by atoms with E-state index in [2.05, 4.69) is 39.4 Å². The van der Waals surface area contributed by atoms with E-state index >= 15 is 4.39 Å². The van der Waals surface area contributed by atoms with Crippen molar-refractivity contribution in [3.63, 3.8) is 0 Å². The zero-order chi connectivity index (χ0) is 30.5. The zero-order valence-corrected chi connectivity index (χ0v) is 26.0. The predicted molar refractivity (Wildman–Crippen MR) is 166 cm³/mol. The van der Waals surface area contributed by atoms with Gasteiger partial charge in [0.15, 0.2) is 9.84 Å². The molecule has 2 aliphatic rings. The first-order valence-corrected chi connectivity index (χ1v) is 16.6. The van der Waals surface area contributed by atoms with E-state index in [1.807, 2.05) is 4.90 Å². The topological polar surface area (TPSA) is 131 Å². The summed E-state index contributed by atoms with van der Waals surface area (Å²) in [6.45, 7) is 9.64. The van der Waals surface area contributed by atoms with Gasteiger partial charge in [-0.1, -0.05) is 0 Å². The highest BCUT2D eigenvalue weighted by Crippen LogP contribution is 2.32. The summed E-state index contributed by atoms with van der Waals surface area (Å²) >= 11 is 0.974. The van der Waals surface area contributed by atoms with Gasteiger partial charge in [0, 0.05) is 49.1 Å². The number of pyridine rings is 1. The van der Waals surface area contributed by atoms with E-state index in [1.165, 1.54) is 12.3 Å². The normalized spacial score (nSPS) is 21.2. The van der Waals surface area contributed by atoms with Crippen LogP contribution in [0.25, 0.3) is 21.6 Å². The second-order valence-electron chi connectivity index (χ2n) is 11.5. The number of sulfone groups is 1. The summed E-state index contributed by atoms with van der Waals surface area (Å²) in [7, 11) is -3.54. The van der Waals surface area contributed by atoms with Crippen LogP contribution < -0.4 is 21.1 Å². The smallest absolute Gasteiger partial charge is 0.262 e. The molecule has 0 spiro atoms. The molecule has 2 N–H and O–H groups in total. The number of nitrogens with one attached hydrogen (secondary N) is 2. The monoisotopic (exact) mass is 627 g/mol. The maximum absolute atomic E-state index is 15.2. The average molecular weight is 628 g/mol. The molecular formula is C29H34FN7O4S2. The molecule has 43 heavy (non-hydrogen) atoms. The molecule has 0 bridgehead atoms. The zero-order valence-electron chi connectivity index (χ0n) is 24.4. The molecule has 0 aliphatic carbocycles. The van der Waals surface area contributed by atoms with Gasteiger partial charge in [-0.3, -0.25) is 9.36 Å². The van der Waals surface area contributed by atoms with Crippen LogP contribution in [0.4, 0.5) is 21.7 Å². The lowest BCUT2D eigenvalue weighted by Gasteiger charge is -2.37. The van der Waals surface area contributed by atoms with E-state index in [-0.39, 0.29) is 45.2 Å². The van der Waals surface area contributed by atoms with E-state index in [9.17, 15) is 13.2 Å². The Labute approximate surface area is 253 Å². The van der Waals surface area contributed by atoms with E-state index in [0.717, 1.165) is 11.3 Å². The number of fused-ring (bicyclic) bond motifs is 1. The molecule has 2 fully saturated rings. The van der Waals surface area contributed by atoms with E-state index in [1.54, 1.807) is 42.8 Å². The van der Waals surface area contributed by atoms with Gasteiger partial charge < -0.3 is 20.3 Å². The van der Waals surface area contributed by atoms with Crippen LogP contribution in [0.2, 0.25) is 0 Å². The lowest BCUT2D eigenvalue weighted by Crippen LogP contribution is -2.54. The van der Waals surface area contributed by atoms with Crippen molar-refractivity contribution in [2.75, 3.05) is 36.5 Å². The molecule has 3 aromatic heterocycles. The Balaban J connectivity index is 1.35. The van der Waals surface area contributed by atoms with Gasteiger partial charge in [-0.25, -0.2) is 22.8 Å². The Hall–Kier alpha value is -3.46. The van der Waals surface area contributed by atoms with Gasteiger partial charge in [-0.2, -0.15) is 4.98 Å². The Morgan fingerprint density at radius 1 is 1.14 bits per heavy atom. The van der Waals surface area contributed by atoms with Crippen LogP contribution in [0.15, 0.2) is 45.7 Å². The molecule has 0 radical (unpaired) electrons. The number of nitrogens with zero attached hydrogens (tertiary/aromatic N) is 5. The first-order chi connectivity index (χ1) is 20.5.